The van der Waals surface area contributed by atoms with Gasteiger partial charge in [0, 0.05) is 32.4 Å². The van der Waals surface area contributed by atoms with Gasteiger partial charge < -0.3 is 9.80 Å². The summed E-state index contributed by atoms with van der Waals surface area (Å²) in [7, 11) is 2.09. The van der Waals surface area contributed by atoms with E-state index in [9.17, 15) is 4.79 Å². The second kappa shape index (κ2) is 6.60. The smallest absolute Gasteiger partial charge is 0.227 e. The molecule has 0 unspecified atom stereocenters. The van der Waals surface area contributed by atoms with Gasteiger partial charge >= 0.3 is 0 Å². The maximum Gasteiger partial charge on any atom is 0.227 e. The summed E-state index contributed by atoms with van der Waals surface area (Å²) in [5.74, 6) is 0.196. The van der Waals surface area contributed by atoms with E-state index in [4.69, 9.17) is 0 Å². The van der Waals surface area contributed by atoms with E-state index in [1.54, 1.807) is 0 Å². The monoisotopic (exact) mass is 330 g/mol. The Hall–Kier alpha value is -2.81. The van der Waals surface area contributed by atoms with Gasteiger partial charge in [-0.2, -0.15) is 0 Å². The minimum absolute atomic E-state index is 0.196. The van der Waals surface area contributed by atoms with Crippen molar-refractivity contribution in [2.24, 2.45) is 0 Å². The van der Waals surface area contributed by atoms with Crippen molar-refractivity contribution in [1.29, 1.82) is 0 Å². The second-order valence-corrected chi connectivity index (χ2v) is 6.68. The number of carbonyl (C=O) groups is 1. The van der Waals surface area contributed by atoms with Gasteiger partial charge in [0.15, 0.2) is 0 Å². The molecule has 0 bridgehead atoms. The number of rotatable bonds is 2. The third-order valence-electron chi connectivity index (χ3n) is 5.04. The highest BCUT2D eigenvalue weighted by atomic mass is 16.2. The van der Waals surface area contributed by atoms with Gasteiger partial charge in [-0.05, 0) is 28.0 Å². The van der Waals surface area contributed by atoms with Crippen molar-refractivity contribution < 1.29 is 4.79 Å². The molecule has 0 fully saturated rings. The van der Waals surface area contributed by atoms with E-state index in [0.29, 0.717) is 13.0 Å². The molecule has 1 aliphatic heterocycles. The van der Waals surface area contributed by atoms with E-state index >= 15 is 0 Å². The van der Waals surface area contributed by atoms with Crippen LogP contribution in [0.5, 0.6) is 0 Å². The molecule has 0 N–H and O–H groups in total. The Balaban J connectivity index is 1.59. The van der Waals surface area contributed by atoms with Crippen LogP contribution in [0.15, 0.2) is 66.7 Å². The van der Waals surface area contributed by atoms with Crippen LogP contribution in [0.2, 0.25) is 0 Å². The maximum atomic E-state index is 13.0. The van der Waals surface area contributed by atoms with Crippen LogP contribution in [0.3, 0.4) is 0 Å². The molecule has 1 aliphatic rings. The van der Waals surface area contributed by atoms with Crippen molar-refractivity contribution in [3.05, 3.63) is 77.9 Å². The molecule has 3 aromatic rings. The Kier molecular flexibility index (Phi) is 4.14. The van der Waals surface area contributed by atoms with Crippen molar-refractivity contribution in [1.82, 2.24) is 4.90 Å². The zero-order valence-corrected chi connectivity index (χ0v) is 14.5. The number of likely N-dealkylation sites (N-methyl/N-ethyl adjacent to an activating group) is 1. The molecule has 0 aromatic heterocycles. The van der Waals surface area contributed by atoms with E-state index in [1.807, 2.05) is 29.2 Å². The van der Waals surface area contributed by atoms with E-state index in [1.165, 1.54) is 22.0 Å². The summed E-state index contributed by atoms with van der Waals surface area (Å²) < 4.78 is 0. The summed E-state index contributed by atoms with van der Waals surface area (Å²) >= 11 is 0. The van der Waals surface area contributed by atoms with Crippen LogP contribution in [-0.4, -0.2) is 30.9 Å². The minimum atomic E-state index is 0.196. The first-order chi connectivity index (χ1) is 12.2. The molecule has 4 rings (SSSR count). The van der Waals surface area contributed by atoms with Gasteiger partial charge in [0.05, 0.1) is 6.42 Å². The SMILES string of the molecule is CN1CCN(C(=O)Cc2cccc3ccccc23)Cc2ccccc21. The largest absolute Gasteiger partial charge is 0.373 e. The lowest BCUT2D eigenvalue weighted by atomic mass is 10.0. The van der Waals surface area contributed by atoms with Crippen LogP contribution in [0.1, 0.15) is 11.1 Å². The fraction of sp³-hybridized carbons (Fsp3) is 0.227. The summed E-state index contributed by atoms with van der Waals surface area (Å²) in [6.07, 6.45) is 0.452. The Bertz CT molecular complexity index is 913. The van der Waals surface area contributed by atoms with Crippen molar-refractivity contribution in [3.8, 4) is 0 Å². The highest BCUT2D eigenvalue weighted by Crippen LogP contribution is 2.25. The molecular weight excluding hydrogens is 308 g/mol. The van der Waals surface area contributed by atoms with Gasteiger partial charge in [0.25, 0.3) is 0 Å². The standard InChI is InChI=1S/C22H22N2O/c1-23-13-14-24(16-19-8-3-5-12-21(19)23)22(25)15-18-10-6-9-17-7-2-4-11-20(17)18/h2-12H,13-16H2,1H3. The van der Waals surface area contributed by atoms with E-state index in [0.717, 1.165) is 18.7 Å². The number of anilines is 1. The first kappa shape index (κ1) is 15.7. The van der Waals surface area contributed by atoms with Gasteiger partial charge in [-0.15, -0.1) is 0 Å². The fourth-order valence-corrected chi connectivity index (χ4v) is 3.63. The third kappa shape index (κ3) is 3.10. The Morgan fingerprint density at radius 2 is 1.68 bits per heavy atom. The number of hydrogen-bond acceptors (Lipinski definition) is 2. The topological polar surface area (TPSA) is 23.6 Å². The molecule has 1 amide bonds. The predicted molar refractivity (Wildman–Crippen MR) is 103 cm³/mol. The summed E-state index contributed by atoms with van der Waals surface area (Å²) in [5, 5.41) is 2.36. The van der Waals surface area contributed by atoms with Gasteiger partial charge in [-0.3, -0.25) is 4.79 Å². The van der Waals surface area contributed by atoms with Crippen LogP contribution in [-0.2, 0) is 17.8 Å². The summed E-state index contributed by atoms with van der Waals surface area (Å²) in [4.78, 5) is 17.2. The number of para-hydroxylation sites is 1. The van der Waals surface area contributed by atoms with Crippen LogP contribution in [0.25, 0.3) is 10.8 Å². The first-order valence-corrected chi connectivity index (χ1v) is 8.76. The molecule has 0 saturated heterocycles. The Morgan fingerprint density at radius 3 is 2.60 bits per heavy atom. The van der Waals surface area contributed by atoms with Gasteiger partial charge in [-0.25, -0.2) is 0 Å². The number of nitrogens with zero attached hydrogens (tertiary/aromatic N) is 2. The van der Waals surface area contributed by atoms with Crippen molar-refractivity contribution in [3.63, 3.8) is 0 Å². The lowest BCUT2D eigenvalue weighted by Gasteiger charge is -2.21. The van der Waals surface area contributed by atoms with E-state index < -0.39 is 0 Å². The van der Waals surface area contributed by atoms with E-state index in [2.05, 4.69) is 54.4 Å². The lowest BCUT2D eigenvalue weighted by Crippen LogP contribution is -2.35. The minimum Gasteiger partial charge on any atom is -0.373 e. The molecule has 0 spiro atoms. The van der Waals surface area contributed by atoms with Crippen molar-refractivity contribution in [2.45, 2.75) is 13.0 Å². The molecule has 3 heteroatoms. The third-order valence-corrected chi connectivity index (χ3v) is 5.04. The highest BCUT2D eigenvalue weighted by Gasteiger charge is 2.21. The molecular formula is C22H22N2O. The van der Waals surface area contributed by atoms with Crippen LogP contribution in [0, 0.1) is 0 Å². The van der Waals surface area contributed by atoms with Crippen LogP contribution in [0.4, 0.5) is 5.69 Å². The predicted octanol–water partition coefficient (Wildman–Crippen LogP) is 3.86. The first-order valence-electron chi connectivity index (χ1n) is 8.76. The molecule has 3 aromatic carbocycles. The zero-order valence-electron chi connectivity index (χ0n) is 14.5. The molecule has 0 atom stereocenters. The molecule has 0 saturated carbocycles. The number of benzene rings is 3. The summed E-state index contributed by atoms with van der Waals surface area (Å²) in [5.41, 5.74) is 3.55. The number of hydrogen-bond donors (Lipinski definition) is 0. The molecule has 0 aliphatic carbocycles. The normalized spacial score (nSPS) is 14.3. The molecule has 126 valence electrons. The van der Waals surface area contributed by atoms with Crippen molar-refractivity contribution in [2.75, 3.05) is 25.0 Å². The quantitative estimate of drug-likeness (QED) is 0.712. The van der Waals surface area contributed by atoms with Crippen LogP contribution < -0.4 is 4.90 Å². The zero-order chi connectivity index (χ0) is 17.2. The maximum absolute atomic E-state index is 13.0. The molecule has 1 heterocycles. The average Bonchev–Trinajstić information content (AvgIpc) is 2.82. The molecule has 3 nitrogen and oxygen atoms in total. The fourth-order valence-electron chi connectivity index (χ4n) is 3.63. The molecule has 25 heavy (non-hydrogen) atoms. The molecule has 0 radical (unpaired) electrons. The summed E-state index contributed by atoms with van der Waals surface area (Å²) in [6.45, 7) is 2.30. The van der Waals surface area contributed by atoms with Gasteiger partial charge in [-0.1, -0.05) is 60.7 Å². The second-order valence-electron chi connectivity index (χ2n) is 6.68. The van der Waals surface area contributed by atoms with Crippen LogP contribution >= 0.6 is 0 Å². The van der Waals surface area contributed by atoms with Gasteiger partial charge in [0.1, 0.15) is 0 Å². The van der Waals surface area contributed by atoms with E-state index in [-0.39, 0.29) is 5.91 Å². The average molecular weight is 330 g/mol. The number of amides is 1. The Labute approximate surface area is 148 Å². The summed E-state index contributed by atoms with van der Waals surface area (Å²) in [6, 6.07) is 22.8. The number of carbonyl (C=O) groups excluding carboxylic acids is 1. The lowest BCUT2D eigenvalue weighted by molar-refractivity contribution is -0.130. The number of fused-ring (bicyclic) bond motifs is 2. The Morgan fingerprint density at radius 1 is 0.920 bits per heavy atom. The van der Waals surface area contributed by atoms with Gasteiger partial charge in [0.2, 0.25) is 5.91 Å². The highest BCUT2D eigenvalue weighted by molar-refractivity contribution is 5.90. The van der Waals surface area contributed by atoms with Crippen molar-refractivity contribution >= 4 is 22.4 Å².